The smallest absolute Gasteiger partial charge is 0.308 e. The van der Waals surface area contributed by atoms with Crippen LogP contribution in [0.15, 0.2) is 12.2 Å². The van der Waals surface area contributed by atoms with Crippen molar-refractivity contribution in [2.75, 3.05) is 6.61 Å². The number of hydrogen-bond acceptors (Lipinski definition) is 2. The van der Waals surface area contributed by atoms with E-state index >= 15 is 0 Å². The molecular weight excluding hydrogens is 248 g/mol. The van der Waals surface area contributed by atoms with Crippen LogP contribution in [0.2, 0.25) is 0 Å². The molecule has 0 saturated heterocycles. The van der Waals surface area contributed by atoms with Gasteiger partial charge in [0.2, 0.25) is 0 Å². The minimum atomic E-state index is 0.00838. The van der Waals surface area contributed by atoms with Crippen molar-refractivity contribution in [1.29, 1.82) is 0 Å². The summed E-state index contributed by atoms with van der Waals surface area (Å²) in [7, 11) is 0. The van der Waals surface area contributed by atoms with Gasteiger partial charge in [0, 0.05) is 0 Å². The van der Waals surface area contributed by atoms with Crippen LogP contribution in [0.25, 0.3) is 0 Å². The van der Waals surface area contributed by atoms with Gasteiger partial charge in [0.15, 0.2) is 0 Å². The third-order valence-corrected chi connectivity index (χ3v) is 4.09. The molecule has 1 heterocycles. The molecule has 1 rings (SSSR count). The fraction of sp³-hybridized carbons (Fsp3) is 0.833. The number of cyclic esters (lactones) is 1. The van der Waals surface area contributed by atoms with Crippen LogP contribution in [0.5, 0.6) is 0 Å². The number of carbonyl (C=O) groups excluding carboxylic acids is 1. The molecule has 2 heteroatoms. The summed E-state index contributed by atoms with van der Waals surface area (Å²) >= 11 is 0. The molecule has 0 bridgehead atoms. The van der Waals surface area contributed by atoms with E-state index in [1.54, 1.807) is 0 Å². The monoisotopic (exact) mass is 280 g/mol. The number of allylic oxidation sites excluding steroid dienone is 2. The molecule has 0 aromatic heterocycles. The normalized spacial score (nSPS) is 27.1. The molecule has 1 aliphatic heterocycles. The van der Waals surface area contributed by atoms with Crippen molar-refractivity contribution in [3.63, 3.8) is 0 Å². The lowest BCUT2D eigenvalue weighted by atomic mass is 10.0. The maximum absolute atomic E-state index is 11.8. The van der Waals surface area contributed by atoms with Gasteiger partial charge in [0.1, 0.15) is 0 Å². The predicted molar refractivity (Wildman–Crippen MR) is 84.7 cm³/mol. The van der Waals surface area contributed by atoms with Crippen molar-refractivity contribution in [3.8, 4) is 0 Å². The Morgan fingerprint density at radius 2 is 1.40 bits per heavy atom. The Bertz CT molecular complexity index is 271. The van der Waals surface area contributed by atoms with Crippen molar-refractivity contribution in [3.05, 3.63) is 12.2 Å². The van der Waals surface area contributed by atoms with E-state index in [2.05, 4.69) is 12.2 Å². The van der Waals surface area contributed by atoms with Crippen LogP contribution < -0.4 is 0 Å². The number of rotatable bonds is 0. The summed E-state index contributed by atoms with van der Waals surface area (Å²) in [6, 6.07) is 0. The van der Waals surface area contributed by atoms with Gasteiger partial charge < -0.3 is 4.74 Å². The minimum Gasteiger partial charge on any atom is -0.465 e. The third kappa shape index (κ3) is 9.17. The van der Waals surface area contributed by atoms with Gasteiger partial charge in [0.05, 0.1) is 12.5 Å². The van der Waals surface area contributed by atoms with Crippen LogP contribution in [0, 0.1) is 5.92 Å². The number of ether oxygens (including phenoxy) is 1. The molecule has 0 aromatic rings. The Balaban J connectivity index is 2.25. The second-order valence-electron chi connectivity index (χ2n) is 6.09. The first kappa shape index (κ1) is 17.3. The van der Waals surface area contributed by atoms with Gasteiger partial charge in [-0.3, -0.25) is 4.79 Å². The topological polar surface area (TPSA) is 26.3 Å². The van der Waals surface area contributed by atoms with Crippen molar-refractivity contribution >= 4 is 5.97 Å². The largest absolute Gasteiger partial charge is 0.465 e. The van der Waals surface area contributed by atoms with E-state index < -0.39 is 0 Å². The van der Waals surface area contributed by atoms with E-state index in [-0.39, 0.29) is 11.9 Å². The fourth-order valence-electron chi connectivity index (χ4n) is 2.63. The Morgan fingerprint density at radius 3 is 2.10 bits per heavy atom. The molecule has 20 heavy (non-hydrogen) atoms. The maximum atomic E-state index is 11.8. The molecule has 0 amide bonds. The highest BCUT2D eigenvalue weighted by Gasteiger charge is 2.13. The average Bonchev–Trinajstić information content (AvgIpc) is 2.45. The highest BCUT2D eigenvalue weighted by atomic mass is 16.5. The van der Waals surface area contributed by atoms with E-state index in [9.17, 15) is 4.79 Å². The van der Waals surface area contributed by atoms with E-state index in [1.807, 2.05) is 6.92 Å². The number of carbonyl (C=O) groups is 1. The lowest BCUT2D eigenvalue weighted by Gasteiger charge is -2.11. The van der Waals surface area contributed by atoms with E-state index in [4.69, 9.17) is 4.74 Å². The lowest BCUT2D eigenvalue weighted by Crippen LogP contribution is -2.15. The zero-order valence-corrected chi connectivity index (χ0v) is 13.2. The van der Waals surface area contributed by atoms with Gasteiger partial charge in [-0.25, -0.2) is 0 Å². The lowest BCUT2D eigenvalue weighted by molar-refractivity contribution is -0.148. The summed E-state index contributed by atoms with van der Waals surface area (Å²) in [5, 5.41) is 0. The molecule has 0 aliphatic carbocycles. The summed E-state index contributed by atoms with van der Waals surface area (Å²) in [5.41, 5.74) is 0. The first-order chi connectivity index (χ1) is 9.80. The molecule has 0 fully saturated rings. The summed E-state index contributed by atoms with van der Waals surface area (Å²) in [4.78, 5) is 11.8. The van der Waals surface area contributed by atoms with Crippen LogP contribution in [0.4, 0.5) is 0 Å². The van der Waals surface area contributed by atoms with Crippen molar-refractivity contribution < 1.29 is 9.53 Å². The quantitative estimate of drug-likeness (QED) is 0.437. The zero-order chi connectivity index (χ0) is 14.5. The molecule has 1 atom stereocenters. The molecule has 0 radical (unpaired) electrons. The van der Waals surface area contributed by atoms with E-state index in [0.717, 1.165) is 19.3 Å². The molecule has 1 aliphatic rings. The predicted octanol–water partition coefficient (Wildman–Crippen LogP) is 5.42. The number of hydrogen-bond donors (Lipinski definition) is 0. The van der Waals surface area contributed by atoms with Crippen LogP contribution in [0.1, 0.15) is 84.0 Å². The van der Waals surface area contributed by atoms with Crippen molar-refractivity contribution in [2.45, 2.75) is 84.0 Å². The Kier molecular flexibility index (Phi) is 10.3. The van der Waals surface area contributed by atoms with Gasteiger partial charge in [-0.15, -0.1) is 0 Å². The zero-order valence-electron chi connectivity index (χ0n) is 13.2. The van der Waals surface area contributed by atoms with E-state index in [1.165, 1.54) is 57.8 Å². The Morgan fingerprint density at radius 1 is 0.850 bits per heavy atom. The van der Waals surface area contributed by atoms with Crippen LogP contribution >= 0.6 is 0 Å². The molecular formula is C18H32O2. The number of esters is 1. The van der Waals surface area contributed by atoms with Gasteiger partial charge in [-0.1, -0.05) is 57.6 Å². The summed E-state index contributed by atoms with van der Waals surface area (Å²) < 4.78 is 5.35. The Hall–Kier alpha value is -0.790. The first-order valence-electron chi connectivity index (χ1n) is 8.62. The summed E-state index contributed by atoms with van der Waals surface area (Å²) in [6.07, 6.45) is 19.2. The molecule has 0 saturated carbocycles. The van der Waals surface area contributed by atoms with Crippen molar-refractivity contribution in [1.82, 2.24) is 0 Å². The molecule has 0 spiro atoms. The maximum Gasteiger partial charge on any atom is 0.308 e. The minimum absolute atomic E-state index is 0.00838. The van der Waals surface area contributed by atoms with Crippen molar-refractivity contribution in [2.24, 2.45) is 5.92 Å². The van der Waals surface area contributed by atoms with Gasteiger partial charge in [-0.2, -0.15) is 0 Å². The SMILES string of the molecule is CC1CCCCCC/C=C/CCCCCCCOC1=O. The summed E-state index contributed by atoms with van der Waals surface area (Å²) in [5.74, 6) is 0.0860. The standard InChI is InChI=1S/C18H32O2/c1-17-15-13-11-9-7-5-3-2-4-6-8-10-12-14-16-20-18(17)19/h2-3,17H,4-16H2,1H3/b3-2+. The van der Waals surface area contributed by atoms with E-state index in [0.29, 0.717) is 6.61 Å². The molecule has 2 nitrogen and oxygen atoms in total. The highest BCUT2D eigenvalue weighted by Crippen LogP contribution is 2.14. The van der Waals surface area contributed by atoms with Gasteiger partial charge >= 0.3 is 5.97 Å². The second-order valence-corrected chi connectivity index (χ2v) is 6.09. The average molecular weight is 280 g/mol. The van der Waals surface area contributed by atoms with Gasteiger partial charge in [-0.05, 0) is 38.5 Å². The van der Waals surface area contributed by atoms with Gasteiger partial charge in [0.25, 0.3) is 0 Å². The highest BCUT2D eigenvalue weighted by molar-refractivity contribution is 5.71. The van der Waals surface area contributed by atoms with Crippen LogP contribution in [-0.4, -0.2) is 12.6 Å². The summed E-state index contributed by atoms with van der Waals surface area (Å²) in [6.45, 7) is 2.62. The molecule has 0 N–H and O–H groups in total. The Labute approximate surface area is 125 Å². The molecule has 0 aromatic carbocycles. The molecule has 116 valence electrons. The fourth-order valence-corrected chi connectivity index (χ4v) is 2.63. The van der Waals surface area contributed by atoms with Crippen LogP contribution in [-0.2, 0) is 9.53 Å². The first-order valence-corrected chi connectivity index (χ1v) is 8.62. The van der Waals surface area contributed by atoms with Crippen LogP contribution in [0.3, 0.4) is 0 Å². The third-order valence-electron chi connectivity index (χ3n) is 4.09. The second kappa shape index (κ2) is 12.0. The molecule has 1 unspecified atom stereocenters.